The number of hydrogen-bond donors (Lipinski definition) is 21. The lowest BCUT2D eigenvalue weighted by Gasteiger charge is -2.31. The average molecular weight is 1520 g/mol. The molecule has 39 nitrogen and oxygen atoms in total. The van der Waals surface area contributed by atoms with Gasteiger partial charge in [0.1, 0.15) is 66.2 Å². The maximum absolute atomic E-state index is 15.2. The van der Waals surface area contributed by atoms with Crippen molar-refractivity contribution in [3.05, 3.63) is 65.7 Å². The topological polar surface area (TPSA) is 660 Å². The third-order valence-corrected chi connectivity index (χ3v) is 17.8. The van der Waals surface area contributed by atoms with E-state index in [4.69, 9.17) is 45.9 Å². The fraction of sp³-hybridized carbons (Fsp3) is 0.567. The number of nitrogens with zero attached hydrogens (tertiary/aromatic N) is 4. The number of hydrogen-bond acceptors (Lipinski definition) is 20. The van der Waals surface area contributed by atoms with Crippen molar-refractivity contribution in [2.45, 2.75) is 177 Å². The molecule has 590 valence electrons. The van der Waals surface area contributed by atoms with Crippen LogP contribution in [0.5, 0.6) is 5.75 Å². The number of carbonyl (C=O) groups is 14. The van der Waals surface area contributed by atoms with Gasteiger partial charge in [-0.15, -0.1) is 11.8 Å². The molecule has 29 N–H and O–H groups in total. The minimum Gasteiger partial charge on any atom is -0.508 e. The second kappa shape index (κ2) is 46.7. The number of primary amides is 1. The van der Waals surface area contributed by atoms with Crippen LogP contribution in [0.3, 0.4) is 0 Å². The highest BCUT2D eigenvalue weighted by Gasteiger charge is 2.41. The van der Waals surface area contributed by atoms with Gasteiger partial charge in [0.25, 0.3) is 0 Å². The van der Waals surface area contributed by atoms with Crippen molar-refractivity contribution >= 4 is 112 Å². The second-order valence-corrected chi connectivity index (χ2v) is 27.1. The van der Waals surface area contributed by atoms with Gasteiger partial charge in [-0.2, -0.15) is 0 Å². The number of aliphatic carboxylic acids is 1. The molecule has 0 unspecified atom stereocenters. The van der Waals surface area contributed by atoms with Crippen LogP contribution < -0.4 is 104 Å². The fourth-order valence-corrected chi connectivity index (χ4v) is 12.2. The SMILES string of the molecule is CC(C)C[C@@H]1NC(=O)[C@H](Cc2ccc(O)cc2)NC(=O)CSC[C@@H](C(N)=O)NC(=O)CNC(=O)CNC(=O)[C@H](CCCN=C(N)N)NC(=O)[C@H](CC(=O)O)NC(=O)[C@H](CCCCN)NC(=O)[C@@H]2CCCN2C(=O)[C@H](CCCCN=C(N)N)NC(=O)[C@H](Cc2ccccc2)NC(=O)[C@H](CCCN=C(N)N)NC1=O. The van der Waals surface area contributed by atoms with E-state index < -0.39 is 168 Å². The molecular formula is C67H105N23O16S. The van der Waals surface area contributed by atoms with Gasteiger partial charge in [0.15, 0.2) is 17.9 Å². The van der Waals surface area contributed by atoms with Crippen molar-refractivity contribution < 1.29 is 77.3 Å². The molecule has 107 heavy (non-hydrogen) atoms. The van der Waals surface area contributed by atoms with E-state index in [0.29, 0.717) is 24.0 Å². The maximum Gasteiger partial charge on any atom is 0.305 e. The van der Waals surface area contributed by atoms with E-state index in [0.717, 1.165) is 11.8 Å². The molecule has 4 rings (SSSR count). The van der Waals surface area contributed by atoms with Crippen molar-refractivity contribution in [1.82, 2.24) is 63.4 Å². The van der Waals surface area contributed by atoms with Crippen molar-refractivity contribution in [3.8, 4) is 5.75 Å². The summed E-state index contributed by atoms with van der Waals surface area (Å²) in [5.41, 5.74) is 45.9. The Bertz CT molecular complexity index is 3450. The van der Waals surface area contributed by atoms with Gasteiger partial charge in [0, 0.05) is 44.8 Å². The van der Waals surface area contributed by atoms with Gasteiger partial charge in [0.2, 0.25) is 76.8 Å². The number of thioether (sulfide) groups is 1. The van der Waals surface area contributed by atoms with Crippen LogP contribution in [0.1, 0.15) is 115 Å². The summed E-state index contributed by atoms with van der Waals surface area (Å²) >= 11 is 0.812. The first-order chi connectivity index (χ1) is 50.8. The summed E-state index contributed by atoms with van der Waals surface area (Å²) in [6.45, 7) is 2.08. The Hall–Kier alpha value is -11.1. The number of aliphatic imine (C=N–C) groups is 3. The predicted octanol–water partition coefficient (Wildman–Crippen LogP) is -6.80. The molecule has 0 aliphatic carbocycles. The summed E-state index contributed by atoms with van der Waals surface area (Å²) in [5, 5.41) is 48.2. The van der Waals surface area contributed by atoms with E-state index in [2.05, 4.69) is 73.5 Å². The Balaban J connectivity index is 1.86. The van der Waals surface area contributed by atoms with E-state index in [-0.39, 0.29) is 151 Å². The normalized spacial score (nSPS) is 22.9. The molecule has 0 bridgehead atoms. The van der Waals surface area contributed by atoms with E-state index in [1.165, 1.54) is 29.2 Å². The molecule has 40 heteroatoms. The number of phenolic OH excluding ortho intramolecular Hbond substituents is 1. The number of rotatable bonds is 26. The highest BCUT2D eigenvalue weighted by molar-refractivity contribution is 8.00. The van der Waals surface area contributed by atoms with Crippen molar-refractivity contribution in [2.75, 3.05) is 57.3 Å². The maximum atomic E-state index is 15.2. The minimum atomic E-state index is -1.92. The zero-order valence-corrected chi connectivity index (χ0v) is 61.0. The monoisotopic (exact) mass is 1520 g/mol. The largest absolute Gasteiger partial charge is 0.508 e. The standard InChI is InChI=1S/C67H105N23O16S/c1-37(2)29-45-59(101)84-43(18-11-27-78-67(74)75)58(100)88-47(30-38-13-4-3-5-14-38)61(103)86-44(16-7-9-25-76-65(70)71)64(106)90-28-12-19-50(90)63(105)85-42(15-6-8-24-68)57(99)89-48(32-54(95)96)62(104)83-41(17-10-26-77-66(72)73)56(98)80-33-51(92)79-34-52(93)82-49(55(69)97)35-107-36-53(94)81-46(60(102)87-45)31-39-20-22-40(91)23-21-39/h3-5,13-14,20-23,37,41-50,91H,6-12,15-19,24-36,68H2,1-2H3,(H2,69,97)(H,79,92)(H,80,98)(H,81,94)(H,82,93)(H,83,104)(H,84,101)(H,85,105)(H,86,103)(H,87,102)(H,88,100)(H,89,99)(H,95,96)(H4,70,71,76)(H4,72,73,77)(H4,74,75,78)/t41-,42-,43-,44-,45-,46-,47-,48-,49-,50-/m0/s1. The quantitative estimate of drug-likeness (QED) is 0.0236. The molecule has 0 radical (unpaired) electrons. The molecular weight excluding hydrogens is 1410 g/mol. The average Bonchev–Trinajstić information content (AvgIpc) is 1.74. The molecule has 2 aliphatic rings. The van der Waals surface area contributed by atoms with E-state index in [9.17, 15) is 67.7 Å². The molecule has 2 aliphatic heterocycles. The lowest BCUT2D eigenvalue weighted by atomic mass is 10.00. The van der Waals surface area contributed by atoms with E-state index in [1.54, 1.807) is 44.2 Å². The smallest absolute Gasteiger partial charge is 0.305 e. The molecule has 2 heterocycles. The molecule has 2 aromatic rings. The first-order valence-corrected chi connectivity index (χ1v) is 36.3. The number of unbranched alkanes of at least 4 members (excludes halogenated alkanes) is 2. The van der Waals surface area contributed by atoms with Gasteiger partial charge in [-0.1, -0.05) is 56.3 Å². The van der Waals surface area contributed by atoms with E-state index in [1.807, 2.05) is 0 Å². The van der Waals surface area contributed by atoms with Crippen molar-refractivity contribution in [3.63, 3.8) is 0 Å². The van der Waals surface area contributed by atoms with Crippen LogP contribution in [-0.4, -0.2) is 233 Å². The van der Waals surface area contributed by atoms with Crippen molar-refractivity contribution in [1.29, 1.82) is 0 Å². The number of carboxylic acids is 1. The second-order valence-electron chi connectivity index (χ2n) is 26.0. The molecule has 10 atom stereocenters. The summed E-state index contributed by atoms with van der Waals surface area (Å²) in [7, 11) is 0. The van der Waals surface area contributed by atoms with Gasteiger partial charge in [-0.3, -0.25) is 82.1 Å². The van der Waals surface area contributed by atoms with Crippen molar-refractivity contribution in [2.24, 2.45) is 66.8 Å². The first kappa shape index (κ1) is 88.3. The molecule has 0 saturated carbocycles. The predicted molar refractivity (Wildman–Crippen MR) is 396 cm³/mol. The Kier molecular flexibility index (Phi) is 38.6. The van der Waals surface area contributed by atoms with Gasteiger partial charge in [-0.05, 0) is 119 Å². The number of fused-ring (bicyclic) bond motifs is 1. The zero-order valence-electron chi connectivity index (χ0n) is 60.2. The lowest BCUT2D eigenvalue weighted by Crippen LogP contribution is -2.60. The summed E-state index contributed by atoms with van der Waals surface area (Å²) in [4.78, 5) is 210. The third kappa shape index (κ3) is 33.7. The number of nitrogens with two attached hydrogens (primary N) is 8. The van der Waals surface area contributed by atoms with Crippen LogP contribution in [0.15, 0.2) is 69.6 Å². The number of benzene rings is 2. The summed E-state index contributed by atoms with van der Waals surface area (Å²) < 4.78 is 0. The number of aromatic hydroxyl groups is 1. The first-order valence-electron chi connectivity index (χ1n) is 35.2. The number of carboxylic acid groups (broad SMARTS) is 1. The number of amides is 13. The molecule has 2 saturated heterocycles. The van der Waals surface area contributed by atoms with Gasteiger partial charge >= 0.3 is 5.97 Å². The lowest BCUT2D eigenvalue weighted by molar-refractivity contribution is -0.143. The number of carbonyl (C=O) groups excluding carboxylic acids is 13. The van der Waals surface area contributed by atoms with Gasteiger partial charge in [0.05, 0.1) is 25.3 Å². The zero-order chi connectivity index (χ0) is 79.1. The molecule has 2 aromatic carbocycles. The Labute approximate surface area is 623 Å². The third-order valence-electron chi connectivity index (χ3n) is 16.7. The summed E-state index contributed by atoms with van der Waals surface area (Å²) in [6.07, 6.45) is -0.613. The van der Waals surface area contributed by atoms with Crippen LogP contribution in [0, 0.1) is 5.92 Å². The molecule has 0 aromatic heterocycles. The molecule has 13 amide bonds. The molecule has 0 spiro atoms. The number of guanidine groups is 3. The Morgan fingerprint density at radius 1 is 0.505 bits per heavy atom. The van der Waals surface area contributed by atoms with Gasteiger partial charge < -0.3 is 119 Å². The Morgan fingerprint density at radius 2 is 0.963 bits per heavy atom. The highest BCUT2D eigenvalue weighted by Crippen LogP contribution is 2.22. The molecule has 2 fully saturated rings. The van der Waals surface area contributed by atoms with Crippen LogP contribution in [-0.2, 0) is 80.0 Å². The number of nitrogens with one attached hydrogen (secondary N) is 11. The van der Waals surface area contributed by atoms with E-state index >= 15 is 9.59 Å². The highest BCUT2D eigenvalue weighted by atomic mass is 32.2. The van der Waals surface area contributed by atoms with Crippen LogP contribution in [0.4, 0.5) is 0 Å². The van der Waals surface area contributed by atoms with Crippen LogP contribution >= 0.6 is 11.8 Å². The fourth-order valence-electron chi connectivity index (χ4n) is 11.3. The Morgan fingerprint density at radius 3 is 1.52 bits per heavy atom. The number of phenols is 1. The summed E-state index contributed by atoms with van der Waals surface area (Å²) in [5.74, 6) is -15.6. The van der Waals surface area contributed by atoms with Crippen LogP contribution in [0.2, 0.25) is 0 Å². The van der Waals surface area contributed by atoms with Gasteiger partial charge in [-0.25, -0.2) is 0 Å². The van der Waals surface area contributed by atoms with Crippen LogP contribution in [0.25, 0.3) is 0 Å². The minimum absolute atomic E-state index is 0.0155. The summed E-state index contributed by atoms with van der Waals surface area (Å²) in [6, 6.07) is -0.751.